The number of hydrogen-bond donors (Lipinski definition) is 2. The van der Waals surface area contributed by atoms with Crippen molar-refractivity contribution in [1.29, 1.82) is 5.26 Å². The minimum atomic E-state index is -0.359. The number of pyridine rings is 1. The number of amides is 2. The van der Waals surface area contributed by atoms with Crippen LogP contribution in [0.15, 0.2) is 67.0 Å². The highest BCUT2D eigenvalue weighted by molar-refractivity contribution is 6.06. The molecule has 156 valence electrons. The standard InChI is InChI=1S/C23H17N7O2/c1-25-22(31)16-5-2-6-18(11-16)27-23(32)17-7-8-20-21(12-17)29-30(28-20)19(13-24)10-15-4-3-9-26-14-15/h2-12,14H,1H3,(H,25,31)(H,27,32)/b19-10+. The molecule has 2 aromatic carbocycles. The van der Waals surface area contributed by atoms with Crippen LogP contribution in [-0.2, 0) is 0 Å². The van der Waals surface area contributed by atoms with Crippen LogP contribution in [0.5, 0.6) is 0 Å². The number of nitrogens with zero attached hydrogens (tertiary/aromatic N) is 5. The molecule has 0 unspecified atom stereocenters. The number of nitriles is 1. The average Bonchev–Trinajstić information content (AvgIpc) is 3.26. The predicted molar refractivity (Wildman–Crippen MR) is 119 cm³/mol. The van der Waals surface area contributed by atoms with Gasteiger partial charge in [-0.25, -0.2) is 0 Å². The summed E-state index contributed by atoms with van der Waals surface area (Å²) in [4.78, 5) is 29.8. The second-order valence-corrected chi connectivity index (χ2v) is 6.73. The van der Waals surface area contributed by atoms with E-state index in [-0.39, 0.29) is 17.5 Å². The van der Waals surface area contributed by atoms with Crippen LogP contribution in [0.3, 0.4) is 0 Å². The third-order valence-corrected chi connectivity index (χ3v) is 4.57. The Morgan fingerprint density at radius 1 is 1.00 bits per heavy atom. The molecule has 0 aliphatic rings. The van der Waals surface area contributed by atoms with E-state index >= 15 is 0 Å². The number of benzene rings is 2. The van der Waals surface area contributed by atoms with E-state index < -0.39 is 0 Å². The number of fused-ring (bicyclic) bond motifs is 1. The minimum absolute atomic E-state index is 0.214. The van der Waals surface area contributed by atoms with Crippen molar-refractivity contribution in [2.45, 2.75) is 0 Å². The molecule has 9 nitrogen and oxygen atoms in total. The zero-order valence-electron chi connectivity index (χ0n) is 17.0. The van der Waals surface area contributed by atoms with Gasteiger partial charge in [-0.1, -0.05) is 12.1 Å². The van der Waals surface area contributed by atoms with Gasteiger partial charge in [-0.3, -0.25) is 14.6 Å². The monoisotopic (exact) mass is 423 g/mol. The summed E-state index contributed by atoms with van der Waals surface area (Å²) in [6.45, 7) is 0. The topological polar surface area (TPSA) is 126 Å². The highest BCUT2D eigenvalue weighted by atomic mass is 16.2. The summed E-state index contributed by atoms with van der Waals surface area (Å²) in [5, 5.41) is 23.5. The van der Waals surface area contributed by atoms with E-state index in [1.54, 1.807) is 74.0 Å². The first-order chi connectivity index (χ1) is 15.6. The van der Waals surface area contributed by atoms with E-state index in [1.807, 2.05) is 6.07 Å². The molecule has 32 heavy (non-hydrogen) atoms. The highest BCUT2D eigenvalue weighted by Crippen LogP contribution is 2.17. The molecule has 0 saturated heterocycles. The molecule has 2 aromatic heterocycles. The van der Waals surface area contributed by atoms with Gasteiger partial charge in [0.15, 0.2) is 5.70 Å². The molecule has 2 N–H and O–H groups in total. The van der Waals surface area contributed by atoms with Gasteiger partial charge in [0.25, 0.3) is 11.8 Å². The molecule has 4 aromatic rings. The second-order valence-electron chi connectivity index (χ2n) is 6.73. The second kappa shape index (κ2) is 8.89. The van der Waals surface area contributed by atoms with Gasteiger partial charge in [0, 0.05) is 36.3 Å². The largest absolute Gasteiger partial charge is 0.355 e. The van der Waals surface area contributed by atoms with Gasteiger partial charge in [-0.05, 0) is 54.1 Å². The Morgan fingerprint density at radius 2 is 1.81 bits per heavy atom. The minimum Gasteiger partial charge on any atom is -0.355 e. The van der Waals surface area contributed by atoms with Crippen LogP contribution in [0, 0.1) is 11.3 Å². The van der Waals surface area contributed by atoms with Crippen LogP contribution >= 0.6 is 0 Å². The molecule has 0 bridgehead atoms. The highest BCUT2D eigenvalue weighted by Gasteiger charge is 2.12. The van der Waals surface area contributed by atoms with Gasteiger partial charge in [0.05, 0.1) is 0 Å². The van der Waals surface area contributed by atoms with Crippen molar-refractivity contribution in [2.24, 2.45) is 0 Å². The Balaban J connectivity index is 1.59. The summed E-state index contributed by atoms with van der Waals surface area (Å²) in [6.07, 6.45) is 4.90. The van der Waals surface area contributed by atoms with Gasteiger partial charge in [0.1, 0.15) is 17.1 Å². The maximum atomic E-state index is 12.7. The van der Waals surface area contributed by atoms with Gasteiger partial charge in [-0.2, -0.15) is 5.26 Å². The Bertz CT molecular complexity index is 1380. The fourth-order valence-corrected chi connectivity index (χ4v) is 3.00. The lowest BCUT2D eigenvalue weighted by Crippen LogP contribution is -2.18. The Hall–Kier alpha value is -4.84. The van der Waals surface area contributed by atoms with Crippen molar-refractivity contribution in [3.8, 4) is 6.07 Å². The number of hydrogen-bond acceptors (Lipinski definition) is 6. The SMILES string of the molecule is CNC(=O)c1cccc(NC(=O)c2ccc3nn(/C(C#N)=C/c4cccnc4)nc3c2)c1. The summed E-state index contributed by atoms with van der Waals surface area (Å²) in [5.41, 5.74) is 3.25. The first kappa shape index (κ1) is 20.4. The molecule has 0 aliphatic carbocycles. The van der Waals surface area contributed by atoms with E-state index in [0.29, 0.717) is 27.8 Å². The lowest BCUT2D eigenvalue weighted by Gasteiger charge is -2.07. The maximum absolute atomic E-state index is 12.7. The van der Waals surface area contributed by atoms with Crippen molar-refractivity contribution >= 4 is 40.3 Å². The lowest BCUT2D eigenvalue weighted by molar-refractivity contribution is 0.0961. The Kier molecular flexibility index (Phi) is 5.68. The summed E-state index contributed by atoms with van der Waals surface area (Å²) in [7, 11) is 1.54. The Labute approximate surface area is 183 Å². The van der Waals surface area contributed by atoms with Crippen LogP contribution in [0.1, 0.15) is 26.3 Å². The molecular weight excluding hydrogens is 406 g/mol. The Morgan fingerprint density at radius 3 is 2.56 bits per heavy atom. The third-order valence-electron chi connectivity index (χ3n) is 4.57. The zero-order valence-corrected chi connectivity index (χ0v) is 17.0. The number of carbonyl (C=O) groups excluding carboxylic acids is 2. The lowest BCUT2D eigenvalue weighted by atomic mass is 10.1. The quantitative estimate of drug-likeness (QED) is 0.475. The fourth-order valence-electron chi connectivity index (χ4n) is 3.00. The maximum Gasteiger partial charge on any atom is 0.255 e. The van der Waals surface area contributed by atoms with E-state index in [0.717, 1.165) is 5.56 Å². The molecule has 0 saturated carbocycles. The number of rotatable bonds is 5. The van der Waals surface area contributed by atoms with Crippen LogP contribution in [0.4, 0.5) is 5.69 Å². The third kappa shape index (κ3) is 4.34. The molecule has 0 spiro atoms. The molecule has 9 heteroatoms. The first-order valence-electron chi connectivity index (χ1n) is 9.60. The van der Waals surface area contributed by atoms with Gasteiger partial charge >= 0.3 is 0 Å². The summed E-state index contributed by atoms with van der Waals surface area (Å²) < 4.78 is 0. The normalized spacial score (nSPS) is 11.1. The predicted octanol–water partition coefficient (Wildman–Crippen LogP) is 2.96. The van der Waals surface area contributed by atoms with Crippen molar-refractivity contribution in [3.63, 3.8) is 0 Å². The molecule has 0 fully saturated rings. The average molecular weight is 423 g/mol. The van der Waals surface area contributed by atoms with E-state index in [1.165, 1.54) is 4.80 Å². The molecule has 2 amide bonds. The number of allylic oxidation sites excluding steroid dienone is 1. The molecular formula is C23H17N7O2. The fraction of sp³-hybridized carbons (Fsp3) is 0.0435. The van der Waals surface area contributed by atoms with Crippen LogP contribution in [0.25, 0.3) is 22.8 Å². The first-order valence-corrected chi connectivity index (χ1v) is 9.60. The van der Waals surface area contributed by atoms with Crippen LogP contribution < -0.4 is 10.6 Å². The van der Waals surface area contributed by atoms with Gasteiger partial charge in [0.2, 0.25) is 0 Å². The molecule has 2 heterocycles. The van der Waals surface area contributed by atoms with Crippen molar-refractivity contribution in [3.05, 3.63) is 83.7 Å². The van der Waals surface area contributed by atoms with Gasteiger partial charge < -0.3 is 10.6 Å². The zero-order chi connectivity index (χ0) is 22.5. The van der Waals surface area contributed by atoms with E-state index in [2.05, 4.69) is 31.9 Å². The van der Waals surface area contributed by atoms with E-state index in [9.17, 15) is 14.9 Å². The summed E-state index contributed by atoms with van der Waals surface area (Å²) in [6, 6.07) is 17.2. The van der Waals surface area contributed by atoms with Crippen LogP contribution in [0.2, 0.25) is 0 Å². The molecule has 0 aliphatic heterocycles. The van der Waals surface area contributed by atoms with Crippen LogP contribution in [-0.4, -0.2) is 38.8 Å². The number of nitrogens with one attached hydrogen (secondary N) is 2. The van der Waals surface area contributed by atoms with Crippen molar-refractivity contribution in [2.75, 3.05) is 12.4 Å². The van der Waals surface area contributed by atoms with E-state index in [4.69, 9.17) is 0 Å². The smallest absolute Gasteiger partial charge is 0.255 e. The molecule has 4 rings (SSSR count). The van der Waals surface area contributed by atoms with Crippen molar-refractivity contribution < 1.29 is 9.59 Å². The van der Waals surface area contributed by atoms with Gasteiger partial charge in [-0.15, -0.1) is 15.0 Å². The molecule has 0 radical (unpaired) electrons. The summed E-state index contributed by atoms with van der Waals surface area (Å²) in [5.74, 6) is -0.603. The number of anilines is 1. The molecule has 0 atom stereocenters. The number of aromatic nitrogens is 4. The van der Waals surface area contributed by atoms with Crippen molar-refractivity contribution in [1.82, 2.24) is 25.3 Å². The summed E-state index contributed by atoms with van der Waals surface area (Å²) >= 11 is 0. The number of carbonyl (C=O) groups is 2.